The quantitative estimate of drug-likeness (QED) is 0.838. The van der Waals surface area contributed by atoms with Gasteiger partial charge in [0.15, 0.2) is 0 Å². The Bertz CT molecular complexity index is 615. The zero-order valence-corrected chi connectivity index (χ0v) is 9.88. The fraction of sp³-hybridized carbons (Fsp3) is 0.0667. The molecule has 2 aromatic rings. The molecule has 0 heterocycles. The maximum atomic E-state index is 10.9. The van der Waals surface area contributed by atoms with Gasteiger partial charge in [0, 0.05) is 5.56 Å². The molecular formula is C15H12O3. The van der Waals surface area contributed by atoms with E-state index in [0.717, 1.165) is 17.4 Å². The maximum absolute atomic E-state index is 10.9. The summed E-state index contributed by atoms with van der Waals surface area (Å²) < 4.78 is 0. The Morgan fingerprint density at radius 2 is 1.83 bits per heavy atom. The highest BCUT2D eigenvalue weighted by Gasteiger charge is 2.08. The minimum absolute atomic E-state index is 0.297. The van der Waals surface area contributed by atoms with Crippen LogP contribution in [0.25, 0.3) is 11.1 Å². The smallest absolute Gasteiger partial charge is 0.335 e. The van der Waals surface area contributed by atoms with Crippen LogP contribution in [0.5, 0.6) is 0 Å². The summed E-state index contributed by atoms with van der Waals surface area (Å²) in [7, 11) is 0. The van der Waals surface area contributed by atoms with Crippen LogP contribution in [0.15, 0.2) is 42.5 Å². The average Bonchev–Trinajstić information content (AvgIpc) is 2.38. The van der Waals surface area contributed by atoms with Gasteiger partial charge < -0.3 is 5.11 Å². The zero-order valence-electron chi connectivity index (χ0n) is 9.88. The molecule has 0 unspecified atom stereocenters. The van der Waals surface area contributed by atoms with Crippen LogP contribution in [0.4, 0.5) is 0 Å². The van der Waals surface area contributed by atoms with Crippen LogP contribution in [0, 0.1) is 6.92 Å². The molecule has 90 valence electrons. The maximum Gasteiger partial charge on any atom is 0.335 e. The summed E-state index contributed by atoms with van der Waals surface area (Å²) in [6.07, 6.45) is 0.794. The normalized spacial score (nSPS) is 10.1. The van der Waals surface area contributed by atoms with E-state index < -0.39 is 5.97 Å². The molecule has 0 saturated heterocycles. The van der Waals surface area contributed by atoms with Gasteiger partial charge in [-0.05, 0) is 35.7 Å². The number of rotatable bonds is 3. The number of carbonyl (C=O) groups is 2. The van der Waals surface area contributed by atoms with E-state index in [1.807, 2.05) is 12.1 Å². The highest BCUT2D eigenvalue weighted by Crippen LogP contribution is 2.23. The molecule has 0 aliphatic heterocycles. The topological polar surface area (TPSA) is 54.4 Å². The SMILES string of the molecule is Cc1cc(-c2cccc(C=O)c2)ccc1C(=O)O. The number of aldehydes is 1. The number of carboxylic acids is 1. The summed E-state index contributed by atoms with van der Waals surface area (Å²) in [6.45, 7) is 1.76. The van der Waals surface area contributed by atoms with Gasteiger partial charge >= 0.3 is 5.97 Å². The van der Waals surface area contributed by atoms with Crippen LogP contribution in [-0.4, -0.2) is 17.4 Å². The molecule has 0 atom stereocenters. The van der Waals surface area contributed by atoms with Gasteiger partial charge in [-0.15, -0.1) is 0 Å². The van der Waals surface area contributed by atoms with Gasteiger partial charge in [0.05, 0.1) is 5.56 Å². The van der Waals surface area contributed by atoms with Crippen LogP contribution in [0.3, 0.4) is 0 Å². The summed E-state index contributed by atoms with van der Waals surface area (Å²) in [5, 5.41) is 8.96. The lowest BCUT2D eigenvalue weighted by atomic mass is 9.99. The third kappa shape index (κ3) is 2.30. The van der Waals surface area contributed by atoms with Crippen molar-refractivity contribution in [1.82, 2.24) is 0 Å². The molecule has 3 heteroatoms. The van der Waals surface area contributed by atoms with Gasteiger partial charge in [0.2, 0.25) is 0 Å². The number of aryl methyl sites for hydroxylation is 1. The second-order valence-electron chi connectivity index (χ2n) is 4.08. The number of hydrogen-bond acceptors (Lipinski definition) is 2. The minimum atomic E-state index is -0.930. The van der Waals surface area contributed by atoms with Gasteiger partial charge in [0.1, 0.15) is 6.29 Å². The third-order valence-corrected chi connectivity index (χ3v) is 2.81. The second-order valence-corrected chi connectivity index (χ2v) is 4.08. The van der Waals surface area contributed by atoms with Crippen LogP contribution < -0.4 is 0 Å². The Morgan fingerprint density at radius 1 is 1.11 bits per heavy atom. The monoisotopic (exact) mass is 240 g/mol. The van der Waals surface area contributed by atoms with Crippen molar-refractivity contribution >= 4 is 12.3 Å². The predicted molar refractivity (Wildman–Crippen MR) is 69.0 cm³/mol. The summed E-state index contributed by atoms with van der Waals surface area (Å²) in [4.78, 5) is 21.6. The predicted octanol–water partition coefficient (Wildman–Crippen LogP) is 3.17. The van der Waals surface area contributed by atoms with Crippen LogP contribution in [-0.2, 0) is 0 Å². The molecule has 3 nitrogen and oxygen atoms in total. The molecule has 0 bridgehead atoms. The van der Waals surface area contributed by atoms with E-state index in [1.165, 1.54) is 0 Å². The summed E-state index contributed by atoms with van der Waals surface area (Å²) in [6, 6.07) is 12.4. The van der Waals surface area contributed by atoms with Crippen molar-refractivity contribution in [2.24, 2.45) is 0 Å². The number of carbonyl (C=O) groups excluding carboxylic acids is 1. The van der Waals surface area contributed by atoms with Gasteiger partial charge in [0.25, 0.3) is 0 Å². The number of hydrogen-bond donors (Lipinski definition) is 1. The van der Waals surface area contributed by atoms with Crippen LogP contribution in [0.2, 0.25) is 0 Å². The van der Waals surface area contributed by atoms with E-state index in [2.05, 4.69) is 0 Å². The molecule has 0 aliphatic rings. The lowest BCUT2D eigenvalue weighted by molar-refractivity contribution is 0.0696. The van der Waals surface area contributed by atoms with Gasteiger partial charge in [-0.2, -0.15) is 0 Å². The summed E-state index contributed by atoms with van der Waals surface area (Å²) in [5.74, 6) is -0.930. The molecular weight excluding hydrogens is 228 g/mol. The first kappa shape index (κ1) is 12.0. The highest BCUT2D eigenvalue weighted by atomic mass is 16.4. The Hall–Kier alpha value is -2.42. The van der Waals surface area contributed by atoms with Gasteiger partial charge in [-0.3, -0.25) is 4.79 Å². The molecule has 0 spiro atoms. The van der Waals surface area contributed by atoms with Crippen molar-refractivity contribution < 1.29 is 14.7 Å². The Morgan fingerprint density at radius 3 is 2.44 bits per heavy atom. The van der Waals surface area contributed by atoms with Crippen molar-refractivity contribution in [2.75, 3.05) is 0 Å². The van der Waals surface area contributed by atoms with E-state index in [1.54, 1.807) is 37.3 Å². The van der Waals surface area contributed by atoms with Gasteiger partial charge in [-0.25, -0.2) is 4.79 Å². The standard InChI is InChI=1S/C15H12O3/c1-10-7-13(5-6-14(10)15(17)18)12-4-2-3-11(8-12)9-16/h2-9H,1H3,(H,17,18). The van der Waals surface area contributed by atoms with E-state index >= 15 is 0 Å². The fourth-order valence-corrected chi connectivity index (χ4v) is 1.87. The second kappa shape index (κ2) is 4.84. The molecule has 0 saturated carbocycles. The number of benzene rings is 2. The fourth-order valence-electron chi connectivity index (χ4n) is 1.87. The zero-order chi connectivity index (χ0) is 13.1. The molecule has 0 aliphatic carbocycles. The largest absolute Gasteiger partial charge is 0.478 e. The van der Waals surface area contributed by atoms with Crippen molar-refractivity contribution in [1.29, 1.82) is 0 Å². The van der Waals surface area contributed by atoms with E-state index in [9.17, 15) is 9.59 Å². The Kier molecular flexibility index (Phi) is 3.24. The molecule has 0 aromatic heterocycles. The number of carboxylic acid groups (broad SMARTS) is 1. The van der Waals surface area contributed by atoms with Crippen molar-refractivity contribution in [2.45, 2.75) is 6.92 Å². The summed E-state index contributed by atoms with van der Waals surface area (Å²) >= 11 is 0. The molecule has 0 radical (unpaired) electrons. The first-order valence-corrected chi connectivity index (χ1v) is 5.51. The Balaban J connectivity index is 2.48. The molecule has 2 aromatic carbocycles. The van der Waals surface area contributed by atoms with Crippen LogP contribution >= 0.6 is 0 Å². The first-order valence-electron chi connectivity index (χ1n) is 5.51. The Labute approximate surface area is 105 Å². The van der Waals surface area contributed by atoms with E-state index in [0.29, 0.717) is 16.7 Å². The number of aromatic carboxylic acids is 1. The lowest BCUT2D eigenvalue weighted by Gasteiger charge is -2.06. The van der Waals surface area contributed by atoms with Gasteiger partial charge in [-0.1, -0.05) is 30.3 Å². The van der Waals surface area contributed by atoms with Crippen molar-refractivity contribution in [3.63, 3.8) is 0 Å². The first-order chi connectivity index (χ1) is 8.61. The van der Waals surface area contributed by atoms with E-state index in [4.69, 9.17) is 5.11 Å². The van der Waals surface area contributed by atoms with Crippen molar-refractivity contribution in [3.8, 4) is 11.1 Å². The third-order valence-electron chi connectivity index (χ3n) is 2.81. The summed E-state index contributed by atoms with van der Waals surface area (Å²) in [5.41, 5.74) is 3.41. The minimum Gasteiger partial charge on any atom is -0.478 e. The average molecular weight is 240 g/mol. The molecule has 1 N–H and O–H groups in total. The molecule has 0 fully saturated rings. The lowest BCUT2D eigenvalue weighted by Crippen LogP contribution is -1.99. The molecule has 0 amide bonds. The molecule has 2 rings (SSSR count). The molecule has 18 heavy (non-hydrogen) atoms. The van der Waals surface area contributed by atoms with E-state index in [-0.39, 0.29) is 0 Å². The van der Waals surface area contributed by atoms with Crippen molar-refractivity contribution in [3.05, 3.63) is 59.2 Å². The highest BCUT2D eigenvalue weighted by molar-refractivity contribution is 5.90. The van der Waals surface area contributed by atoms with Crippen LogP contribution in [0.1, 0.15) is 26.3 Å².